The van der Waals surface area contributed by atoms with Gasteiger partial charge in [0.1, 0.15) is 23.4 Å². The first-order valence-electron chi connectivity index (χ1n) is 12.9. The average molecular weight is 531 g/mol. The summed E-state index contributed by atoms with van der Waals surface area (Å²) >= 11 is 0. The highest BCUT2D eigenvalue weighted by atomic mass is 16.6. The third-order valence-corrected chi connectivity index (χ3v) is 7.65. The van der Waals surface area contributed by atoms with Crippen molar-refractivity contribution >= 4 is 18.0 Å². The van der Waals surface area contributed by atoms with E-state index in [0.717, 1.165) is 12.8 Å². The Morgan fingerprint density at radius 3 is 2.29 bits per heavy atom. The molecule has 3 fully saturated rings. The molecule has 0 radical (unpaired) electrons. The van der Waals surface area contributed by atoms with E-state index < -0.39 is 23.6 Å². The second kappa shape index (κ2) is 11.1. The van der Waals surface area contributed by atoms with E-state index >= 15 is 0 Å². The Morgan fingerprint density at radius 2 is 1.76 bits per heavy atom. The van der Waals surface area contributed by atoms with Crippen LogP contribution in [0.3, 0.4) is 0 Å². The highest BCUT2D eigenvalue weighted by Gasteiger charge is 2.72. The lowest BCUT2D eigenvalue weighted by Gasteiger charge is -2.42. The number of hydrogen-bond acceptors (Lipinski definition) is 9. The number of allylic oxidation sites excluding steroid dienone is 1. The lowest BCUT2D eigenvalue weighted by molar-refractivity contribution is -0.166. The van der Waals surface area contributed by atoms with Gasteiger partial charge in [0.15, 0.2) is 11.5 Å². The van der Waals surface area contributed by atoms with Gasteiger partial charge >= 0.3 is 11.9 Å². The molecule has 4 rings (SSSR count). The van der Waals surface area contributed by atoms with Crippen LogP contribution in [0.4, 0.5) is 0 Å². The quantitative estimate of drug-likeness (QED) is 0.144. The molecule has 1 aliphatic carbocycles. The molecule has 9 heteroatoms. The molecule has 2 aliphatic heterocycles. The Morgan fingerprint density at radius 1 is 1.11 bits per heavy atom. The maximum atomic E-state index is 12.9. The number of ether oxygens (including phenoxy) is 7. The van der Waals surface area contributed by atoms with Crippen molar-refractivity contribution in [2.45, 2.75) is 76.5 Å². The fourth-order valence-electron chi connectivity index (χ4n) is 5.66. The predicted octanol–water partition coefficient (Wildman–Crippen LogP) is 4.26. The number of epoxide rings is 2. The number of hydrogen-bond donors (Lipinski definition) is 0. The number of carbonyl (C=O) groups excluding carboxylic acids is 2. The van der Waals surface area contributed by atoms with Crippen LogP contribution in [0.2, 0.25) is 0 Å². The minimum Gasteiger partial charge on any atom is -0.493 e. The van der Waals surface area contributed by atoms with Gasteiger partial charge in [-0.15, -0.1) is 0 Å². The van der Waals surface area contributed by atoms with E-state index in [-0.39, 0.29) is 29.5 Å². The minimum absolute atomic E-state index is 0.0477. The van der Waals surface area contributed by atoms with Crippen LogP contribution in [0.25, 0.3) is 6.08 Å². The predicted molar refractivity (Wildman–Crippen MR) is 139 cm³/mol. The van der Waals surface area contributed by atoms with Gasteiger partial charge in [-0.3, -0.25) is 4.79 Å². The molecule has 1 spiro atoms. The van der Waals surface area contributed by atoms with Crippen LogP contribution in [0, 0.1) is 5.92 Å². The lowest BCUT2D eigenvalue weighted by Crippen LogP contribution is -2.55. The maximum Gasteiger partial charge on any atom is 0.331 e. The lowest BCUT2D eigenvalue weighted by atomic mass is 9.68. The Hall–Kier alpha value is -2.88. The van der Waals surface area contributed by atoms with Crippen molar-refractivity contribution < 1.29 is 42.7 Å². The Labute approximate surface area is 224 Å². The molecule has 0 aromatic heterocycles. The largest absolute Gasteiger partial charge is 0.493 e. The molecular weight excluding hydrogens is 492 g/mol. The van der Waals surface area contributed by atoms with Crippen molar-refractivity contribution in [1.29, 1.82) is 0 Å². The second-order valence-electron chi connectivity index (χ2n) is 10.5. The van der Waals surface area contributed by atoms with Gasteiger partial charge in [0, 0.05) is 20.1 Å². The van der Waals surface area contributed by atoms with Gasteiger partial charge < -0.3 is 33.2 Å². The summed E-state index contributed by atoms with van der Waals surface area (Å²) in [6.45, 7) is 8.23. The number of methoxy groups -OCH3 is 3. The van der Waals surface area contributed by atoms with Crippen molar-refractivity contribution in [3.63, 3.8) is 0 Å². The van der Waals surface area contributed by atoms with Gasteiger partial charge in [0.2, 0.25) is 5.75 Å². The standard InChI is InChI=1S/C29H38O9/c1-17(2)8-10-23-28(4,38-23)27-26(34-7)20(12-13-29(27)16-35-29)37-24(31)11-9-19-14-21(32-5)25(36-18(3)30)22(15-19)33-6/h8-9,11,14-15,20,23,26-27H,10,12-13,16H2,1-7H3/b11-9+/t20-,23+,26-,27-,28-,29+/m1/s1. The molecule has 1 saturated carbocycles. The number of esters is 2. The third-order valence-electron chi connectivity index (χ3n) is 7.65. The molecule has 1 aromatic carbocycles. The van der Waals surface area contributed by atoms with E-state index in [1.54, 1.807) is 25.3 Å². The van der Waals surface area contributed by atoms with Gasteiger partial charge in [0.05, 0.1) is 32.8 Å². The molecule has 0 N–H and O–H groups in total. The molecule has 1 aromatic rings. The Bertz CT molecular complexity index is 1090. The van der Waals surface area contributed by atoms with Gasteiger partial charge in [-0.2, -0.15) is 0 Å². The van der Waals surface area contributed by atoms with Gasteiger partial charge in [0.25, 0.3) is 0 Å². The average Bonchev–Trinajstić information content (AvgIpc) is 3.79. The first kappa shape index (κ1) is 28.1. The molecule has 2 heterocycles. The first-order chi connectivity index (χ1) is 18.1. The van der Waals surface area contributed by atoms with Crippen molar-refractivity contribution in [2.24, 2.45) is 5.92 Å². The van der Waals surface area contributed by atoms with Crippen LogP contribution in [0.15, 0.2) is 29.9 Å². The van der Waals surface area contributed by atoms with E-state index in [0.29, 0.717) is 30.1 Å². The molecule has 0 unspecified atom stereocenters. The molecule has 208 valence electrons. The maximum absolute atomic E-state index is 12.9. The number of benzene rings is 1. The van der Waals surface area contributed by atoms with E-state index in [2.05, 4.69) is 26.8 Å². The van der Waals surface area contributed by atoms with Crippen molar-refractivity contribution in [1.82, 2.24) is 0 Å². The topological polar surface area (TPSA) is 105 Å². The van der Waals surface area contributed by atoms with Gasteiger partial charge in [-0.25, -0.2) is 4.79 Å². The molecular formula is C29H38O9. The van der Waals surface area contributed by atoms with Crippen LogP contribution >= 0.6 is 0 Å². The van der Waals surface area contributed by atoms with Crippen LogP contribution in [0.5, 0.6) is 17.2 Å². The third kappa shape index (κ3) is 5.75. The smallest absolute Gasteiger partial charge is 0.331 e. The summed E-state index contributed by atoms with van der Waals surface area (Å²) in [5.41, 5.74) is 1.18. The van der Waals surface area contributed by atoms with Crippen molar-refractivity contribution in [3.05, 3.63) is 35.4 Å². The summed E-state index contributed by atoms with van der Waals surface area (Å²) in [5, 5.41) is 0. The van der Waals surface area contributed by atoms with Crippen molar-refractivity contribution in [3.8, 4) is 17.2 Å². The number of rotatable bonds is 10. The van der Waals surface area contributed by atoms with Crippen LogP contribution in [-0.4, -0.2) is 69.4 Å². The summed E-state index contributed by atoms with van der Waals surface area (Å²) in [6, 6.07) is 3.29. The normalized spacial score (nSPS) is 31.6. The molecule has 2 saturated heterocycles. The molecule has 3 aliphatic rings. The zero-order chi connectivity index (χ0) is 27.7. The highest BCUT2D eigenvalue weighted by Crippen LogP contribution is 2.59. The highest BCUT2D eigenvalue weighted by molar-refractivity contribution is 5.87. The Balaban J connectivity index is 1.47. The Kier molecular flexibility index (Phi) is 8.20. The molecule has 0 amide bonds. The summed E-state index contributed by atoms with van der Waals surface area (Å²) in [6.07, 6.45) is 6.68. The van der Waals surface area contributed by atoms with Crippen molar-refractivity contribution in [2.75, 3.05) is 27.9 Å². The first-order valence-corrected chi connectivity index (χ1v) is 12.9. The molecule has 9 nitrogen and oxygen atoms in total. The summed E-state index contributed by atoms with van der Waals surface area (Å²) in [7, 11) is 4.56. The van der Waals surface area contributed by atoms with Gasteiger partial charge in [-0.1, -0.05) is 11.6 Å². The van der Waals surface area contributed by atoms with E-state index in [9.17, 15) is 9.59 Å². The van der Waals surface area contributed by atoms with E-state index in [1.165, 1.54) is 32.8 Å². The van der Waals surface area contributed by atoms with E-state index in [1.807, 2.05) is 0 Å². The van der Waals surface area contributed by atoms with E-state index in [4.69, 9.17) is 33.2 Å². The zero-order valence-corrected chi connectivity index (χ0v) is 23.2. The minimum atomic E-state index is -0.501. The van der Waals surface area contributed by atoms with Gasteiger partial charge in [-0.05, 0) is 63.8 Å². The zero-order valence-electron chi connectivity index (χ0n) is 23.2. The fourth-order valence-corrected chi connectivity index (χ4v) is 5.66. The van der Waals surface area contributed by atoms with Crippen LogP contribution in [0.1, 0.15) is 52.5 Å². The fraction of sp³-hybridized carbons (Fsp3) is 0.586. The summed E-state index contributed by atoms with van der Waals surface area (Å²) in [4.78, 5) is 24.4. The second-order valence-corrected chi connectivity index (χ2v) is 10.5. The van der Waals surface area contributed by atoms with Crippen LogP contribution in [-0.2, 0) is 28.5 Å². The molecule has 6 atom stereocenters. The number of carbonyl (C=O) groups is 2. The molecule has 38 heavy (non-hydrogen) atoms. The summed E-state index contributed by atoms with van der Waals surface area (Å²) in [5.74, 6) is -0.261. The summed E-state index contributed by atoms with van der Waals surface area (Å²) < 4.78 is 40.0. The molecule has 0 bridgehead atoms. The SMILES string of the molecule is COc1cc(/C=C/C(=O)O[C@@H]2CC[C@]3(CO3)[C@@H]([C@]3(C)O[C@H]3CC=C(C)C)[C@@H]2OC)cc(OC)c1OC(C)=O. The monoisotopic (exact) mass is 530 g/mol. The van der Waals surface area contributed by atoms with Crippen LogP contribution < -0.4 is 14.2 Å².